The summed E-state index contributed by atoms with van der Waals surface area (Å²) in [5, 5.41) is 2.47. The van der Waals surface area contributed by atoms with Crippen molar-refractivity contribution < 1.29 is 9.22 Å². The minimum Gasteiger partial charge on any atom is -0.405 e. The second kappa shape index (κ2) is 7.54. The van der Waals surface area contributed by atoms with Crippen LogP contribution in [0.4, 0.5) is 0 Å². The predicted molar refractivity (Wildman–Crippen MR) is 103 cm³/mol. The molecule has 0 aromatic heterocycles. The number of β-lactam (4-membered cyclic amide) rings is 1. The van der Waals surface area contributed by atoms with Crippen LogP contribution in [0.25, 0.3) is 0 Å². The van der Waals surface area contributed by atoms with Gasteiger partial charge in [-0.1, -0.05) is 81.4 Å². The Morgan fingerprint density at radius 1 is 1.00 bits per heavy atom. The summed E-state index contributed by atoms with van der Waals surface area (Å²) in [5.41, 5.74) is -0.00354. The van der Waals surface area contributed by atoms with Gasteiger partial charge in [-0.25, -0.2) is 0 Å². The molecule has 0 spiro atoms. The molecule has 1 heterocycles. The van der Waals surface area contributed by atoms with Gasteiger partial charge in [0.25, 0.3) is 9.04 Å². The van der Waals surface area contributed by atoms with E-state index in [0.29, 0.717) is 13.0 Å². The van der Waals surface area contributed by atoms with Crippen LogP contribution in [0.2, 0.25) is 0 Å². The Morgan fingerprint density at radius 3 is 1.88 bits per heavy atom. The third-order valence-electron chi connectivity index (χ3n) is 4.72. The van der Waals surface area contributed by atoms with Crippen LogP contribution in [0.5, 0.6) is 0 Å². The van der Waals surface area contributed by atoms with Crippen LogP contribution in [-0.2, 0) is 9.22 Å². The maximum atomic E-state index is 12.0. The molecule has 1 aliphatic heterocycles. The molecule has 131 valence electrons. The third-order valence-corrected chi connectivity index (χ3v) is 6.89. The quantitative estimate of drug-likeness (QED) is 0.590. The molecule has 25 heavy (non-hydrogen) atoms. The molecule has 2 aromatic carbocycles. The molecule has 1 fully saturated rings. The molecule has 4 heteroatoms. The fraction of sp³-hybridized carbons (Fsp3) is 0.381. The zero-order valence-electron chi connectivity index (χ0n) is 15.2. The molecule has 1 atom stereocenters. The SMILES string of the molecule is CC(C)(C)C(CO[Si](c1ccccc1)c1ccccc1)N1CCC1=O. The maximum absolute atomic E-state index is 12.0. The minimum absolute atomic E-state index is 0.00354. The highest BCUT2D eigenvalue weighted by atomic mass is 28.3. The Kier molecular flexibility index (Phi) is 5.40. The van der Waals surface area contributed by atoms with E-state index < -0.39 is 9.04 Å². The average molecular weight is 353 g/mol. The van der Waals surface area contributed by atoms with Gasteiger partial charge in [-0.15, -0.1) is 0 Å². The third kappa shape index (κ3) is 4.20. The monoisotopic (exact) mass is 352 g/mol. The lowest BCUT2D eigenvalue weighted by atomic mass is 9.84. The molecule has 3 rings (SSSR count). The van der Waals surface area contributed by atoms with Gasteiger partial charge >= 0.3 is 0 Å². The topological polar surface area (TPSA) is 29.5 Å². The fourth-order valence-electron chi connectivity index (χ4n) is 3.14. The lowest BCUT2D eigenvalue weighted by Gasteiger charge is -2.45. The Labute approximate surface area is 152 Å². The number of carbonyl (C=O) groups is 1. The Bertz CT molecular complexity index is 657. The smallest absolute Gasteiger partial charge is 0.282 e. The molecule has 1 aliphatic rings. The predicted octanol–water partition coefficient (Wildman–Crippen LogP) is 2.46. The summed E-state index contributed by atoms with van der Waals surface area (Å²) in [6.07, 6.45) is 0.668. The molecule has 0 aliphatic carbocycles. The highest BCUT2D eigenvalue weighted by Crippen LogP contribution is 2.29. The van der Waals surface area contributed by atoms with E-state index in [1.54, 1.807) is 0 Å². The van der Waals surface area contributed by atoms with Crippen LogP contribution in [0, 0.1) is 5.41 Å². The van der Waals surface area contributed by atoms with Crippen molar-refractivity contribution >= 4 is 25.3 Å². The highest BCUT2D eigenvalue weighted by Gasteiger charge is 2.38. The molecular formula is C21H26NO2Si. The average Bonchev–Trinajstić information content (AvgIpc) is 2.60. The van der Waals surface area contributed by atoms with Crippen LogP contribution >= 0.6 is 0 Å². The molecule has 3 nitrogen and oxygen atoms in total. The first-order chi connectivity index (χ1) is 12.0. The Hall–Kier alpha value is -1.91. The lowest BCUT2D eigenvalue weighted by Crippen LogP contribution is -2.58. The number of hydrogen-bond acceptors (Lipinski definition) is 2. The maximum Gasteiger partial charge on any atom is 0.282 e. The number of nitrogens with zero attached hydrogens (tertiary/aromatic N) is 1. The van der Waals surface area contributed by atoms with Gasteiger partial charge in [-0.2, -0.15) is 0 Å². The minimum atomic E-state index is -1.33. The number of carbonyl (C=O) groups excluding carboxylic acids is 1. The standard InChI is InChI=1S/C21H26NO2Si/c1-21(2,3)19(22-15-14-20(22)23)16-24-25(17-10-6-4-7-11-17)18-12-8-5-9-13-18/h4-13,19H,14-16H2,1-3H3. The summed E-state index contributed by atoms with van der Waals surface area (Å²) in [5.74, 6) is 0.247. The van der Waals surface area contributed by atoms with Crippen molar-refractivity contribution in [3.63, 3.8) is 0 Å². The Balaban J connectivity index is 1.81. The van der Waals surface area contributed by atoms with E-state index in [1.807, 2.05) is 17.0 Å². The van der Waals surface area contributed by atoms with Gasteiger partial charge in [0.15, 0.2) is 0 Å². The first kappa shape index (κ1) is 17.9. The summed E-state index contributed by atoms with van der Waals surface area (Å²) in [7, 11) is -1.33. The molecule has 2 aromatic rings. The summed E-state index contributed by atoms with van der Waals surface area (Å²) in [6, 6.07) is 21.0. The molecular weight excluding hydrogens is 326 g/mol. The normalized spacial score (nSPS) is 16.0. The molecule has 1 radical (unpaired) electrons. The highest BCUT2D eigenvalue weighted by molar-refractivity contribution is 6.80. The van der Waals surface area contributed by atoms with Gasteiger partial charge in [0.2, 0.25) is 5.91 Å². The van der Waals surface area contributed by atoms with Crippen LogP contribution in [-0.4, -0.2) is 39.0 Å². The van der Waals surface area contributed by atoms with Gasteiger partial charge in [0.1, 0.15) is 0 Å². The largest absolute Gasteiger partial charge is 0.405 e. The van der Waals surface area contributed by atoms with Gasteiger partial charge in [-0.05, 0) is 15.8 Å². The summed E-state index contributed by atoms with van der Waals surface area (Å²) in [6.45, 7) is 7.98. The zero-order chi connectivity index (χ0) is 17.9. The van der Waals surface area contributed by atoms with Crippen molar-refractivity contribution in [2.45, 2.75) is 33.2 Å². The number of amides is 1. The molecule has 1 saturated heterocycles. The van der Waals surface area contributed by atoms with Crippen molar-refractivity contribution in [1.29, 1.82) is 0 Å². The molecule has 1 amide bonds. The van der Waals surface area contributed by atoms with Gasteiger partial charge in [0, 0.05) is 13.0 Å². The van der Waals surface area contributed by atoms with Crippen molar-refractivity contribution in [2.24, 2.45) is 5.41 Å². The van der Waals surface area contributed by atoms with E-state index in [4.69, 9.17) is 4.43 Å². The molecule has 0 bridgehead atoms. The first-order valence-corrected chi connectivity index (χ1v) is 10.3. The van der Waals surface area contributed by atoms with E-state index in [9.17, 15) is 4.79 Å². The van der Waals surface area contributed by atoms with Crippen molar-refractivity contribution in [3.8, 4) is 0 Å². The molecule has 0 N–H and O–H groups in total. The van der Waals surface area contributed by atoms with Gasteiger partial charge in [0.05, 0.1) is 12.6 Å². The van der Waals surface area contributed by atoms with Crippen LogP contribution < -0.4 is 10.4 Å². The summed E-state index contributed by atoms with van der Waals surface area (Å²) in [4.78, 5) is 14.0. The van der Waals surface area contributed by atoms with E-state index >= 15 is 0 Å². The van der Waals surface area contributed by atoms with E-state index in [-0.39, 0.29) is 17.4 Å². The van der Waals surface area contributed by atoms with E-state index in [2.05, 4.69) is 69.3 Å². The second-order valence-electron chi connectivity index (χ2n) is 7.59. The lowest BCUT2D eigenvalue weighted by molar-refractivity contribution is -0.147. The zero-order valence-corrected chi connectivity index (χ0v) is 16.2. The van der Waals surface area contributed by atoms with Crippen molar-refractivity contribution in [3.05, 3.63) is 60.7 Å². The number of benzene rings is 2. The molecule has 0 saturated carbocycles. The summed E-state index contributed by atoms with van der Waals surface area (Å²) < 4.78 is 6.52. The van der Waals surface area contributed by atoms with Crippen LogP contribution in [0.3, 0.4) is 0 Å². The number of hydrogen-bond donors (Lipinski definition) is 0. The van der Waals surface area contributed by atoms with Crippen LogP contribution in [0.1, 0.15) is 27.2 Å². The second-order valence-corrected chi connectivity index (χ2v) is 9.69. The van der Waals surface area contributed by atoms with Gasteiger partial charge in [-0.3, -0.25) is 4.79 Å². The van der Waals surface area contributed by atoms with Crippen molar-refractivity contribution in [1.82, 2.24) is 4.90 Å². The summed E-state index contributed by atoms with van der Waals surface area (Å²) >= 11 is 0. The van der Waals surface area contributed by atoms with E-state index in [0.717, 1.165) is 6.54 Å². The van der Waals surface area contributed by atoms with Gasteiger partial charge < -0.3 is 9.33 Å². The first-order valence-electron chi connectivity index (χ1n) is 8.87. The number of likely N-dealkylation sites (tertiary alicyclic amines) is 1. The molecule has 1 unspecified atom stereocenters. The fourth-order valence-corrected chi connectivity index (χ4v) is 5.13. The van der Waals surface area contributed by atoms with Crippen LogP contribution in [0.15, 0.2) is 60.7 Å². The van der Waals surface area contributed by atoms with E-state index in [1.165, 1.54) is 10.4 Å². The number of rotatable bonds is 6. The Morgan fingerprint density at radius 2 is 1.52 bits per heavy atom. The van der Waals surface area contributed by atoms with Crippen molar-refractivity contribution in [2.75, 3.05) is 13.2 Å².